The van der Waals surface area contributed by atoms with Crippen molar-refractivity contribution in [3.63, 3.8) is 0 Å². The zero-order valence-electron chi connectivity index (χ0n) is 16.5. The van der Waals surface area contributed by atoms with Crippen LogP contribution in [0, 0.1) is 0 Å². The third-order valence-electron chi connectivity index (χ3n) is 4.36. The van der Waals surface area contributed by atoms with E-state index < -0.39 is 0 Å². The predicted molar refractivity (Wildman–Crippen MR) is 145 cm³/mol. The van der Waals surface area contributed by atoms with Crippen LogP contribution < -0.4 is 21.3 Å². The molecule has 0 unspecified atom stereocenters. The summed E-state index contributed by atoms with van der Waals surface area (Å²) in [5, 5.41) is 14.3. The van der Waals surface area contributed by atoms with E-state index in [0.717, 1.165) is 11.4 Å². The lowest BCUT2D eigenvalue weighted by Crippen LogP contribution is -2.29. The van der Waals surface area contributed by atoms with Crippen molar-refractivity contribution in [3.05, 3.63) is 91.9 Å². The Kier molecular flexibility index (Phi) is 9.22. The second-order valence-electron chi connectivity index (χ2n) is 6.56. The van der Waals surface area contributed by atoms with E-state index in [0.29, 0.717) is 41.4 Å². The Morgan fingerprint density at radius 1 is 0.562 bits per heavy atom. The third kappa shape index (κ3) is 6.61. The van der Waals surface area contributed by atoms with Gasteiger partial charge in [0.05, 0.1) is 20.1 Å². The summed E-state index contributed by atoms with van der Waals surface area (Å²) in [5.41, 5.74) is 2.82. The van der Waals surface area contributed by atoms with Crippen LogP contribution in [0.5, 0.6) is 0 Å². The van der Waals surface area contributed by atoms with Crippen LogP contribution >= 0.6 is 70.8 Å². The van der Waals surface area contributed by atoms with Crippen molar-refractivity contribution in [2.45, 2.75) is 13.1 Å². The molecule has 10 heteroatoms. The van der Waals surface area contributed by atoms with E-state index in [1.165, 1.54) is 0 Å². The number of hydrogen-bond acceptors (Lipinski definition) is 2. The van der Waals surface area contributed by atoms with Crippen molar-refractivity contribution in [1.29, 1.82) is 0 Å². The maximum atomic E-state index is 6.51. The SMILES string of the molecule is S=C(NCc1c(Cl)c(Cl)c(CNC(=S)Nc2ccccc2)c(Cl)c1Cl)Nc1ccccc1. The number of thiocarbonyl (C=S) groups is 2. The highest BCUT2D eigenvalue weighted by Crippen LogP contribution is 2.41. The normalized spacial score (nSPS) is 10.4. The fraction of sp³-hybridized carbons (Fsp3) is 0.0909. The molecule has 0 spiro atoms. The summed E-state index contributed by atoms with van der Waals surface area (Å²) in [6.45, 7) is 0.495. The van der Waals surface area contributed by atoms with Gasteiger partial charge < -0.3 is 21.3 Å². The van der Waals surface area contributed by atoms with Crippen molar-refractivity contribution in [3.8, 4) is 0 Å². The van der Waals surface area contributed by atoms with Gasteiger partial charge >= 0.3 is 0 Å². The maximum Gasteiger partial charge on any atom is 0.171 e. The molecule has 3 aromatic carbocycles. The lowest BCUT2D eigenvalue weighted by molar-refractivity contribution is 0.906. The van der Waals surface area contributed by atoms with E-state index in [1.807, 2.05) is 60.7 Å². The van der Waals surface area contributed by atoms with Crippen LogP contribution in [0.15, 0.2) is 60.7 Å². The molecule has 0 aromatic heterocycles. The van der Waals surface area contributed by atoms with Gasteiger partial charge in [-0.1, -0.05) is 82.8 Å². The lowest BCUT2D eigenvalue weighted by Gasteiger charge is -2.18. The van der Waals surface area contributed by atoms with E-state index in [1.54, 1.807) is 0 Å². The molecule has 0 fully saturated rings. The Balaban J connectivity index is 1.65. The number of hydrogen-bond donors (Lipinski definition) is 4. The molecule has 4 nitrogen and oxygen atoms in total. The van der Waals surface area contributed by atoms with Crippen molar-refractivity contribution < 1.29 is 0 Å². The zero-order valence-corrected chi connectivity index (χ0v) is 21.2. The number of nitrogens with one attached hydrogen (secondary N) is 4. The van der Waals surface area contributed by atoms with Crippen LogP contribution in [-0.4, -0.2) is 10.2 Å². The van der Waals surface area contributed by atoms with Gasteiger partial charge in [-0.25, -0.2) is 0 Å². The largest absolute Gasteiger partial charge is 0.358 e. The molecule has 3 rings (SSSR count). The van der Waals surface area contributed by atoms with Gasteiger partial charge in [0.15, 0.2) is 10.2 Å². The molecule has 0 bridgehead atoms. The lowest BCUT2D eigenvalue weighted by atomic mass is 10.1. The summed E-state index contributed by atoms with van der Waals surface area (Å²) in [6.07, 6.45) is 0. The second kappa shape index (κ2) is 11.9. The first-order chi connectivity index (χ1) is 15.4. The highest BCUT2D eigenvalue weighted by atomic mass is 35.5. The average molecular weight is 544 g/mol. The van der Waals surface area contributed by atoms with Crippen LogP contribution in [-0.2, 0) is 13.1 Å². The van der Waals surface area contributed by atoms with Gasteiger partial charge in [0.2, 0.25) is 0 Å². The number of benzene rings is 3. The molecule has 0 saturated carbocycles. The minimum absolute atomic E-state index is 0.247. The highest BCUT2D eigenvalue weighted by Gasteiger charge is 2.20. The topological polar surface area (TPSA) is 48.1 Å². The van der Waals surface area contributed by atoms with Gasteiger partial charge in [-0.3, -0.25) is 0 Å². The Labute approximate surface area is 217 Å². The van der Waals surface area contributed by atoms with Gasteiger partial charge in [-0.15, -0.1) is 0 Å². The van der Waals surface area contributed by atoms with Crippen LogP contribution in [0.1, 0.15) is 11.1 Å². The van der Waals surface area contributed by atoms with Crippen LogP contribution in [0.3, 0.4) is 0 Å². The molecular weight excluding hydrogens is 526 g/mol. The van der Waals surface area contributed by atoms with Crippen molar-refractivity contribution in [2.75, 3.05) is 10.6 Å². The number of para-hydroxylation sites is 2. The van der Waals surface area contributed by atoms with Gasteiger partial charge in [-0.2, -0.15) is 0 Å². The minimum Gasteiger partial charge on any atom is -0.358 e. The van der Waals surface area contributed by atoms with E-state index in [2.05, 4.69) is 21.3 Å². The van der Waals surface area contributed by atoms with E-state index in [-0.39, 0.29) is 13.1 Å². The Bertz CT molecular complexity index is 994. The van der Waals surface area contributed by atoms with Crippen LogP contribution in [0.2, 0.25) is 20.1 Å². The first-order valence-electron chi connectivity index (χ1n) is 9.40. The summed E-state index contributed by atoms with van der Waals surface area (Å²) in [5.74, 6) is 0. The summed E-state index contributed by atoms with van der Waals surface area (Å²) in [4.78, 5) is 0. The summed E-state index contributed by atoms with van der Waals surface area (Å²) in [6, 6.07) is 19.1. The molecule has 0 radical (unpaired) electrons. The molecule has 3 aromatic rings. The smallest absolute Gasteiger partial charge is 0.171 e. The molecule has 0 aliphatic rings. The monoisotopic (exact) mass is 542 g/mol. The summed E-state index contributed by atoms with van der Waals surface area (Å²) >= 11 is 36.7. The number of rotatable bonds is 6. The fourth-order valence-electron chi connectivity index (χ4n) is 2.76. The number of anilines is 2. The predicted octanol–water partition coefficient (Wildman–Crippen LogP) is 7.27. The van der Waals surface area contributed by atoms with E-state index in [9.17, 15) is 0 Å². The minimum atomic E-state index is 0.247. The van der Waals surface area contributed by atoms with Crippen LogP contribution in [0.4, 0.5) is 11.4 Å². The zero-order chi connectivity index (χ0) is 23.1. The molecule has 166 valence electrons. The Hall–Kier alpha value is -1.80. The van der Waals surface area contributed by atoms with Crippen LogP contribution in [0.25, 0.3) is 0 Å². The maximum absolute atomic E-state index is 6.51. The summed E-state index contributed by atoms with van der Waals surface area (Å²) in [7, 11) is 0. The number of halogens is 4. The third-order valence-corrected chi connectivity index (χ3v) is 6.71. The van der Waals surface area contributed by atoms with Gasteiger partial charge in [0.25, 0.3) is 0 Å². The molecule has 0 atom stereocenters. The fourth-order valence-corrected chi connectivity index (χ4v) is 4.34. The van der Waals surface area contributed by atoms with Gasteiger partial charge in [0, 0.05) is 35.6 Å². The quantitative estimate of drug-likeness (QED) is 0.194. The standard InChI is InChI=1S/C22H18Cl4N4S2/c23-17-15(11-27-21(31)29-13-7-3-1-4-8-13)18(24)20(26)16(19(17)25)12-28-22(32)30-14-9-5-2-6-10-14/h1-10H,11-12H2,(H2,27,29,31)(H2,28,30,32). The Morgan fingerprint density at radius 3 is 1.19 bits per heavy atom. The molecule has 0 amide bonds. The molecule has 0 aliphatic heterocycles. The van der Waals surface area contributed by atoms with Crippen molar-refractivity contribution in [2.24, 2.45) is 0 Å². The summed E-state index contributed by atoms with van der Waals surface area (Å²) < 4.78 is 0. The average Bonchev–Trinajstić information content (AvgIpc) is 2.79. The van der Waals surface area contributed by atoms with E-state index >= 15 is 0 Å². The molecule has 0 heterocycles. The molecular formula is C22H18Cl4N4S2. The van der Waals surface area contributed by atoms with Gasteiger partial charge in [-0.05, 0) is 48.7 Å². The molecule has 32 heavy (non-hydrogen) atoms. The Morgan fingerprint density at radius 2 is 0.875 bits per heavy atom. The van der Waals surface area contributed by atoms with Gasteiger partial charge in [0.1, 0.15) is 0 Å². The second-order valence-corrected chi connectivity index (χ2v) is 8.89. The van der Waals surface area contributed by atoms with E-state index in [4.69, 9.17) is 70.8 Å². The molecule has 0 saturated heterocycles. The first kappa shape index (κ1) is 24.8. The molecule has 0 aliphatic carbocycles. The first-order valence-corrected chi connectivity index (χ1v) is 11.7. The van der Waals surface area contributed by atoms with Crippen molar-refractivity contribution >= 4 is 92.4 Å². The highest BCUT2D eigenvalue weighted by molar-refractivity contribution is 7.80. The van der Waals surface area contributed by atoms with Crippen molar-refractivity contribution in [1.82, 2.24) is 10.6 Å². The molecule has 4 N–H and O–H groups in total.